The molecule has 1 aromatic rings. The van der Waals surface area contributed by atoms with Gasteiger partial charge < -0.3 is 10.6 Å². The number of nitrogens with zero attached hydrogens (tertiary/aromatic N) is 3. The fourth-order valence-electron chi connectivity index (χ4n) is 3.21. The fourth-order valence-corrected chi connectivity index (χ4v) is 3.21. The predicted molar refractivity (Wildman–Crippen MR) is 88.7 cm³/mol. The summed E-state index contributed by atoms with van der Waals surface area (Å²) < 4.78 is 1.99. The minimum absolute atomic E-state index is 0.0613. The van der Waals surface area contributed by atoms with Crippen LogP contribution in [0.2, 0.25) is 0 Å². The molecule has 2 rings (SSSR count). The summed E-state index contributed by atoms with van der Waals surface area (Å²) in [5.74, 6) is 0.0550. The number of likely N-dealkylation sites (tertiary alicyclic amines) is 1. The smallest absolute Gasteiger partial charge is 0.227 e. The molecule has 1 unspecified atom stereocenters. The second-order valence-corrected chi connectivity index (χ2v) is 6.98. The molecule has 1 fully saturated rings. The second kappa shape index (κ2) is 7.15. The molecule has 1 aliphatic rings. The lowest BCUT2D eigenvalue weighted by atomic mass is 9.97. The first-order valence-electron chi connectivity index (χ1n) is 8.39. The maximum absolute atomic E-state index is 12.6. The van der Waals surface area contributed by atoms with E-state index in [1.807, 2.05) is 18.5 Å². The summed E-state index contributed by atoms with van der Waals surface area (Å²) in [6.07, 6.45) is 1.97. The third-order valence-corrected chi connectivity index (χ3v) is 4.57. The topological polar surface area (TPSA) is 81.2 Å². The summed E-state index contributed by atoms with van der Waals surface area (Å²) >= 11 is 0. The molecule has 0 bridgehead atoms. The molecule has 0 aliphatic carbocycles. The molecular weight excluding hydrogens is 292 g/mol. The standard InChI is InChI=1S/C17H28N4O2/c1-11(2)9-21-13(4)15(12(3)19-21)8-16(22)20-7-5-6-14(10-20)17(18)23/h11,14H,5-10H2,1-4H3,(H2,18,23). The molecule has 0 aromatic carbocycles. The summed E-state index contributed by atoms with van der Waals surface area (Å²) in [4.78, 5) is 25.7. The van der Waals surface area contributed by atoms with Crippen LogP contribution in [-0.2, 0) is 22.6 Å². The molecule has 1 aromatic heterocycles. The van der Waals surface area contributed by atoms with E-state index in [0.717, 1.165) is 36.3 Å². The quantitative estimate of drug-likeness (QED) is 0.891. The van der Waals surface area contributed by atoms with Crippen molar-refractivity contribution < 1.29 is 9.59 Å². The Kier molecular flexibility index (Phi) is 5.44. The zero-order valence-electron chi connectivity index (χ0n) is 14.6. The van der Waals surface area contributed by atoms with Crippen LogP contribution in [0.15, 0.2) is 0 Å². The highest BCUT2D eigenvalue weighted by molar-refractivity contribution is 5.81. The predicted octanol–water partition coefficient (Wildman–Crippen LogP) is 1.42. The Balaban J connectivity index is 2.08. The van der Waals surface area contributed by atoms with Crippen LogP contribution in [0.3, 0.4) is 0 Å². The normalized spacial score (nSPS) is 18.5. The van der Waals surface area contributed by atoms with Gasteiger partial charge in [0.25, 0.3) is 0 Å². The Morgan fingerprint density at radius 3 is 2.65 bits per heavy atom. The van der Waals surface area contributed by atoms with Crippen molar-refractivity contribution >= 4 is 11.8 Å². The summed E-state index contributed by atoms with van der Waals surface area (Å²) in [5, 5.41) is 4.56. The maximum Gasteiger partial charge on any atom is 0.227 e. The van der Waals surface area contributed by atoms with Gasteiger partial charge in [-0.2, -0.15) is 5.10 Å². The van der Waals surface area contributed by atoms with Crippen molar-refractivity contribution in [3.05, 3.63) is 17.0 Å². The van der Waals surface area contributed by atoms with Crippen molar-refractivity contribution in [1.82, 2.24) is 14.7 Å². The zero-order chi connectivity index (χ0) is 17.1. The van der Waals surface area contributed by atoms with Gasteiger partial charge in [0.1, 0.15) is 0 Å². The highest BCUT2D eigenvalue weighted by Gasteiger charge is 2.28. The number of carbonyl (C=O) groups is 2. The lowest BCUT2D eigenvalue weighted by Crippen LogP contribution is -2.44. The molecule has 2 N–H and O–H groups in total. The number of aromatic nitrogens is 2. The molecule has 6 nitrogen and oxygen atoms in total. The van der Waals surface area contributed by atoms with Gasteiger partial charge in [0.15, 0.2) is 0 Å². The van der Waals surface area contributed by atoms with Crippen LogP contribution in [-0.4, -0.2) is 39.6 Å². The van der Waals surface area contributed by atoms with Gasteiger partial charge in [-0.1, -0.05) is 13.8 Å². The lowest BCUT2D eigenvalue weighted by Gasteiger charge is -2.31. The third kappa shape index (κ3) is 4.12. The Bertz CT molecular complexity index is 592. The summed E-state index contributed by atoms with van der Waals surface area (Å²) in [7, 11) is 0. The molecule has 1 atom stereocenters. The van der Waals surface area contributed by atoms with E-state index in [9.17, 15) is 9.59 Å². The first-order chi connectivity index (χ1) is 10.8. The van der Waals surface area contributed by atoms with Gasteiger partial charge in [0, 0.05) is 30.9 Å². The number of hydrogen-bond donors (Lipinski definition) is 1. The van der Waals surface area contributed by atoms with Crippen LogP contribution in [0.4, 0.5) is 0 Å². The van der Waals surface area contributed by atoms with E-state index in [-0.39, 0.29) is 17.7 Å². The number of primary amides is 1. The molecule has 0 spiro atoms. The van der Waals surface area contributed by atoms with Gasteiger partial charge in [-0.3, -0.25) is 14.3 Å². The third-order valence-electron chi connectivity index (χ3n) is 4.57. The molecule has 2 amide bonds. The number of rotatable bonds is 5. The van der Waals surface area contributed by atoms with Crippen molar-refractivity contribution in [2.24, 2.45) is 17.6 Å². The second-order valence-electron chi connectivity index (χ2n) is 6.98. The number of nitrogens with two attached hydrogens (primary N) is 1. The van der Waals surface area contributed by atoms with Gasteiger partial charge in [-0.15, -0.1) is 0 Å². The first kappa shape index (κ1) is 17.5. The van der Waals surface area contributed by atoms with Crippen molar-refractivity contribution in [3.63, 3.8) is 0 Å². The largest absolute Gasteiger partial charge is 0.369 e. The summed E-state index contributed by atoms with van der Waals surface area (Å²) in [6, 6.07) is 0. The minimum Gasteiger partial charge on any atom is -0.369 e. The van der Waals surface area contributed by atoms with Crippen molar-refractivity contribution in [2.75, 3.05) is 13.1 Å². The summed E-state index contributed by atoms with van der Waals surface area (Å²) in [5.41, 5.74) is 8.38. The highest BCUT2D eigenvalue weighted by Crippen LogP contribution is 2.20. The summed E-state index contributed by atoms with van der Waals surface area (Å²) in [6.45, 7) is 10.3. The Morgan fingerprint density at radius 1 is 1.35 bits per heavy atom. The van der Waals surface area contributed by atoms with E-state index >= 15 is 0 Å². The van der Waals surface area contributed by atoms with Crippen LogP contribution in [0.1, 0.15) is 43.6 Å². The maximum atomic E-state index is 12.6. The number of hydrogen-bond acceptors (Lipinski definition) is 3. The average molecular weight is 320 g/mol. The zero-order valence-corrected chi connectivity index (χ0v) is 14.6. The molecule has 1 saturated heterocycles. The van der Waals surface area contributed by atoms with E-state index in [4.69, 9.17) is 5.73 Å². The molecule has 0 saturated carbocycles. The lowest BCUT2D eigenvalue weighted by molar-refractivity contribution is -0.134. The van der Waals surface area contributed by atoms with Gasteiger partial charge in [-0.05, 0) is 32.6 Å². The van der Waals surface area contributed by atoms with E-state index in [1.165, 1.54) is 0 Å². The number of amides is 2. The molecule has 6 heteroatoms. The molecule has 2 heterocycles. The van der Waals surface area contributed by atoms with Gasteiger partial charge in [-0.25, -0.2) is 0 Å². The SMILES string of the molecule is Cc1nn(CC(C)C)c(C)c1CC(=O)N1CCCC(C(N)=O)C1. The Labute approximate surface area is 138 Å². The van der Waals surface area contributed by atoms with E-state index in [1.54, 1.807) is 4.90 Å². The van der Waals surface area contributed by atoms with Gasteiger partial charge in [0.05, 0.1) is 18.0 Å². The number of piperidine rings is 1. The first-order valence-corrected chi connectivity index (χ1v) is 8.39. The average Bonchev–Trinajstić information content (AvgIpc) is 2.74. The van der Waals surface area contributed by atoms with Crippen LogP contribution >= 0.6 is 0 Å². The van der Waals surface area contributed by atoms with E-state index in [0.29, 0.717) is 25.4 Å². The van der Waals surface area contributed by atoms with Crippen LogP contribution in [0, 0.1) is 25.7 Å². The molecule has 0 radical (unpaired) electrons. The number of carbonyl (C=O) groups excluding carboxylic acids is 2. The Morgan fingerprint density at radius 2 is 2.04 bits per heavy atom. The Hall–Kier alpha value is -1.85. The van der Waals surface area contributed by atoms with Crippen LogP contribution in [0.25, 0.3) is 0 Å². The van der Waals surface area contributed by atoms with E-state index < -0.39 is 0 Å². The van der Waals surface area contributed by atoms with Crippen molar-refractivity contribution in [2.45, 2.75) is 53.5 Å². The van der Waals surface area contributed by atoms with Crippen LogP contribution in [0.5, 0.6) is 0 Å². The fraction of sp³-hybridized carbons (Fsp3) is 0.706. The minimum atomic E-state index is -0.306. The molecule has 1 aliphatic heterocycles. The van der Waals surface area contributed by atoms with Gasteiger partial charge >= 0.3 is 0 Å². The molecular formula is C17H28N4O2. The van der Waals surface area contributed by atoms with E-state index in [2.05, 4.69) is 18.9 Å². The number of aryl methyl sites for hydroxylation is 1. The molecule has 23 heavy (non-hydrogen) atoms. The monoisotopic (exact) mass is 320 g/mol. The highest BCUT2D eigenvalue weighted by atomic mass is 16.2. The van der Waals surface area contributed by atoms with Crippen molar-refractivity contribution in [3.8, 4) is 0 Å². The van der Waals surface area contributed by atoms with Gasteiger partial charge in [0.2, 0.25) is 11.8 Å². The molecule has 128 valence electrons. The van der Waals surface area contributed by atoms with Crippen LogP contribution < -0.4 is 5.73 Å². The van der Waals surface area contributed by atoms with Crippen molar-refractivity contribution in [1.29, 1.82) is 0 Å².